The first-order valence-corrected chi connectivity index (χ1v) is 12.3. The predicted octanol–water partition coefficient (Wildman–Crippen LogP) is 3.91. The summed E-state index contributed by atoms with van der Waals surface area (Å²) in [4.78, 5) is 27.2. The third kappa shape index (κ3) is 6.31. The molecule has 2 aromatic rings. The second-order valence-corrected chi connectivity index (χ2v) is 11.1. The summed E-state index contributed by atoms with van der Waals surface area (Å²) >= 11 is 5.88. The Bertz CT molecular complexity index is 1090. The Morgan fingerprint density at radius 3 is 2.25 bits per heavy atom. The zero-order chi connectivity index (χ0) is 23.5. The number of carbonyl (C=O) groups is 2. The molecule has 3 rings (SSSR count). The summed E-state index contributed by atoms with van der Waals surface area (Å²) in [6.45, 7) is 6.24. The van der Waals surface area contributed by atoms with Gasteiger partial charge in [-0.1, -0.05) is 17.7 Å². The third-order valence-corrected chi connectivity index (χ3v) is 7.10. The summed E-state index contributed by atoms with van der Waals surface area (Å²) < 4.78 is 27.7. The summed E-state index contributed by atoms with van der Waals surface area (Å²) in [5, 5.41) is 3.39. The van der Waals surface area contributed by atoms with Crippen LogP contribution in [0.4, 0.5) is 5.69 Å². The van der Waals surface area contributed by atoms with Crippen LogP contribution >= 0.6 is 11.6 Å². The molecule has 9 heteroatoms. The lowest BCUT2D eigenvalue weighted by atomic mass is 9.95. The minimum absolute atomic E-state index is 0.0789. The second kappa shape index (κ2) is 9.60. The molecule has 1 saturated heterocycles. The molecule has 0 saturated carbocycles. The second-order valence-electron chi connectivity index (χ2n) is 8.95. The number of hydrogen-bond donors (Lipinski definition) is 2. The van der Waals surface area contributed by atoms with Gasteiger partial charge < -0.3 is 10.2 Å². The van der Waals surface area contributed by atoms with E-state index in [-0.39, 0.29) is 22.6 Å². The van der Waals surface area contributed by atoms with E-state index in [1.807, 2.05) is 0 Å². The molecule has 32 heavy (non-hydrogen) atoms. The van der Waals surface area contributed by atoms with Gasteiger partial charge in [-0.3, -0.25) is 9.59 Å². The van der Waals surface area contributed by atoms with Crippen molar-refractivity contribution in [2.24, 2.45) is 5.92 Å². The van der Waals surface area contributed by atoms with Crippen LogP contribution in [-0.2, 0) is 14.8 Å². The Kier molecular flexibility index (Phi) is 7.27. The molecule has 1 aliphatic heterocycles. The smallest absolute Gasteiger partial charge is 0.253 e. The molecule has 0 unspecified atom stereocenters. The van der Waals surface area contributed by atoms with E-state index >= 15 is 0 Å². The minimum Gasteiger partial charge on any atom is -0.339 e. The number of hydrogen-bond acceptors (Lipinski definition) is 4. The Labute approximate surface area is 194 Å². The number of likely N-dealkylation sites (tertiary alicyclic amines) is 1. The van der Waals surface area contributed by atoms with Crippen molar-refractivity contribution in [1.82, 2.24) is 9.62 Å². The molecule has 1 fully saturated rings. The van der Waals surface area contributed by atoms with E-state index < -0.39 is 15.6 Å². The van der Waals surface area contributed by atoms with Gasteiger partial charge in [0.2, 0.25) is 15.9 Å². The Hall–Kier alpha value is -2.42. The number of nitrogens with zero attached hydrogens (tertiary/aromatic N) is 1. The molecule has 7 nitrogen and oxygen atoms in total. The number of rotatable bonds is 5. The van der Waals surface area contributed by atoms with E-state index in [9.17, 15) is 18.0 Å². The van der Waals surface area contributed by atoms with Gasteiger partial charge in [0, 0.05) is 40.8 Å². The number of piperidine rings is 1. The molecule has 2 N–H and O–H groups in total. The molecule has 2 aromatic carbocycles. The van der Waals surface area contributed by atoms with Crippen LogP contribution in [0.1, 0.15) is 44.0 Å². The SMILES string of the molecule is CC(C)(C)NS(=O)(=O)c1cccc(NC(=O)C2CCN(C(=O)c3ccc(Cl)cc3)CC2)c1. The van der Waals surface area contributed by atoms with Crippen molar-refractivity contribution in [2.45, 2.75) is 44.0 Å². The Morgan fingerprint density at radius 1 is 1.03 bits per heavy atom. The van der Waals surface area contributed by atoms with Crippen molar-refractivity contribution in [1.29, 1.82) is 0 Å². The number of carbonyl (C=O) groups excluding carboxylic acids is 2. The number of sulfonamides is 1. The van der Waals surface area contributed by atoms with E-state index in [4.69, 9.17) is 11.6 Å². The molecule has 172 valence electrons. The highest BCUT2D eigenvalue weighted by atomic mass is 35.5. The fraction of sp³-hybridized carbons (Fsp3) is 0.391. The van der Waals surface area contributed by atoms with Crippen molar-refractivity contribution in [2.75, 3.05) is 18.4 Å². The lowest BCUT2D eigenvalue weighted by molar-refractivity contribution is -0.121. The predicted molar refractivity (Wildman–Crippen MR) is 125 cm³/mol. The van der Waals surface area contributed by atoms with Gasteiger partial charge in [0.15, 0.2) is 0 Å². The quantitative estimate of drug-likeness (QED) is 0.682. The highest BCUT2D eigenvalue weighted by Gasteiger charge is 2.28. The van der Waals surface area contributed by atoms with Crippen molar-refractivity contribution in [3.8, 4) is 0 Å². The van der Waals surface area contributed by atoms with E-state index in [0.29, 0.717) is 42.2 Å². The topological polar surface area (TPSA) is 95.6 Å². The summed E-state index contributed by atoms with van der Waals surface area (Å²) in [5.41, 5.74) is 0.376. The molecule has 1 heterocycles. The first kappa shape index (κ1) is 24.2. The van der Waals surface area contributed by atoms with Crippen LogP contribution in [0.15, 0.2) is 53.4 Å². The average Bonchev–Trinajstić information content (AvgIpc) is 2.72. The van der Waals surface area contributed by atoms with E-state index in [1.165, 1.54) is 12.1 Å². The number of nitrogens with one attached hydrogen (secondary N) is 2. The number of benzene rings is 2. The molecular weight excluding hydrogens is 450 g/mol. The third-order valence-electron chi connectivity index (χ3n) is 5.10. The lowest BCUT2D eigenvalue weighted by Gasteiger charge is -2.31. The first-order chi connectivity index (χ1) is 14.9. The van der Waals surface area contributed by atoms with Crippen LogP contribution < -0.4 is 10.0 Å². The van der Waals surface area contributed by atoms with Crippen molar-refractivity contribution >= 4 is 39.1 Å². The highest BCUT2D eigenvalue weighted by molar-refractivity contribution is 7.89. The van der Waals surface area contributed by atoms with Crippen molar-refractivity contribution in [3.63, 3.8) is 0 Å². The maximum Gasteiger partial charge on any atom is 0.253 e. The fourth-order valence-corrected chi connectivity index (χ4v) is 5.16. The van der Waals surface area contributed by atoms with Crippen molar-refractivity contribution < 1.29 is 18.0 Å². The van der Waals surface area contributed by atoms with Crippen molar-refractivity contribution in [3.05, 3.63) is 59.1 Å². The van der Waals surface area contributed by atoms with Crippen LogP contribution in [0, 0.1) is 5.92 Å². The van der Waals surface area contributed by atoms with Gasteiger partial charge >= 0.3 is 0 Å². The molecule has 0 radical (unpaired) electrons. The summed E-state index contributed by atoms with van der Waals surface area (Å²) in [6.07, 6.45) is 1.07. The molecule has 0 aliphatic carbocycles. The van der Waals surface area contributed by atoms with Crippen LogP contribution in [0.2, 0.25) is 5.02 Å². The summed E-state index contributed by atoms with van der Waals surface area (Å²) in [5.74, 6) is -0.510. The zero-order valence-electron chi connectivity index (χ0n) is 18.4. The maximum absolute atomic E-state index is 12.7. The number of anilines is 1. The maximum atomic E-state index is 12.7. The van der Waals surface area contributed by atoms with Gasteiger partial charge in [-0.2, -0.15) is 0 Å². The lowest BCUT2D eigenvalue weighted by Crippen LogP contribution is -2.41. The molecule has 0 bridgehead atoms. The Morgan fingerprint density at radius 2 is 1.66 bits per heavy atom. The van der Waals surface area contributed by atoms with E-state index in [1.54, 1.807) is 62.1 Å². The van der Waals surface area contributed by atoms with Crippen LogP contribution in [-0.4, -0.2) is 43.8 Å². The van der Waals surface area contributed by atoms with Crippen LogP contribution in [0.25, 0.3) is 0 Å². The highest BCUT2D eigenvalue weighted by Crippen LogP contribution is 2.23. The summed E-state index contributed by atoms with van der Waals surface area (Å²) in [6, 6.07) is 12.9. The largest absolute Gasteiger partial charge is 0.339 e. The monoisotopic (exact) mass is 477 g/mol. The minimum atomic E-state index is -3.70. The molecule has 1 aliphatic rings. The standard InChI is InChI=1S/C23H28ClN3O4S/c1-23(2,3)26-32(30,31)20-6-4-5-19(15-20)25-21(28)16-11-13-27(14-12-16)22(29)17-7-9-18(24)10-8-17/h4-10,15-16,26H,11-14H2,1-3H3,(H,25,28). The molecule has 0 aromatic heterocycles. The van der Waals surface area contributed by atoms with Gasteiger partial charge in [-0.15, -0.1) is 0 Å². The van der Waals surface area contributed by atoms with Gasteiger partial charge in [0.05, 0.1) is 4.90 Å². The molecule has 0 spiro atoms. The van der Waals surface area contributed by atoms with Gasteiger partial charge in [0.1, 0.15) is 0 Å². The first-order valence-electron chi connectivity index (χ1n) is 10.4. The Balaban J connectivity index is 1.59. The molecular formula is C23H28ClN3O4S. The van der Waals surface area contributed by atoms with Gasteiger partial charge in [-0.05, 0) is 76.1 Å². The van der Waals surface area contributed by atoms with Gasteiger partial charge in [-0.25, -0.2) is 13.1 Å². The number of halogens is 1. The fourth-order valence-electron chi connectivity index (χ4n) is 3.57. The van der Waals surface area contributed by atoms with Crippen LogP contribution in [0.3, 0.4) is 0 Å². The average molecular weight is 478 g/mol. The van der Waals surface area contributed by atoms with E-state index in [0.717, 1.165) is 0 Å². The molecule has 0 atom stereocenters. The van der Waals surface area contributed by atoms with Crippen LogP contribution in [0.5, 0.6) is 0 Å². The number of amides is 2. The molecule has 2 amide bonds. The normalized spacial score (nSPS) is 15.4. The van der Waals surface area contributed by atoms with Gasteiger partial charge in [0.25, 0.3) is 5.91 Å². The zero-order valence-corrected chi connectivity index (χ0v) is 20.0. The van der Waals surface area contributed by atoms with E-state index in [2.05, 4.69) is 10.0 Å². The summed E-state index contributed by atoms with van der Waals surface area (Å²) in [7, 11) is -3.70.